The van der Waals surface area contributed by atoms with Gasteiger partial charge in [-0.1, -0.05) is 12.1 Å². The Morgan fingerprint density at radius 3 is 2.55 bits per heavy atom. The Hall–Kier alpha value is -3.20. The third kappa shape index (κ3) is 4.15. The number of methoxy groups -OCH3 is 1. The van der Waals surface area contributed by atoms with Crippen molar-refractivity contribution < 1.29 is 14.3 Å². The topological polar surface area (TPSA) is 83.4 Å². The van der Waals surface area contributed by atoms with Gasteiger partial charge in [0.2, 0.25) is 0 Å². The molecule has 2 rings (SSSR count). The number of para-hydroxylation sites is 2. The summed E-state index contributed by atoms with van der Waals surface area (Å²) in [6.07, 6.45) is 0. The van der Waals surface area contributed by atoms with Crippen LogP contribution >= 0.6 is 0 Å². The van der Waals surface area contributed by atoms with E-state index in [1.54, 1.807) is 49.6 Å². The van der Waals surface area contributed by atoms with Crippen LogP contribution in [0.4, 0.5) is 16.2 Å². The van der Waals surface area contributed by atoms with Gasteiger partial charge in [0, 0.05) is 5.69 Å². The number of rotatable bonds is 5. The van der Waals surface area contributed by atoms with Crippen molar-refractivity contribution in [2.24, 2.45) is 0 Å². The fourth-order valence-corrected chi connectivity index (χ4v) is 1.78. The first-order chi connectivity index (χ1) is 10.7. The third-order valence-electron chi connectivity index (χ3n) is 2.77. The van der Waals surface area contributed by atoms with Crippen molar-refractivity contribution in [1.29, 1.82) is 5.26 Å². The number of nitrogens with one attached hydrogen (secondary N) is 2. The van der Waals surface area contributed by atoms with E-state index in [0.29, 0.717) is 22.9 Å². The molecule has 0 atom stereocenters. The monoisotopic (exact) mass is 297 g/mol. The standard InChI is InChI=1S/C16H15N3O3/c1-21-15-5-3-2-4-14(15)19-16(20)18-12-6-8-13(9-7-12)22-11-10-17/h2-9H,11H2,1H3,(H2,18,19,20). The van der Waals surface area contributed by atoms with Crippen molar-refractivity contribution in [2.45, 2.75) is 0 Å². The second kappa shape index (κ2) is 7.55. The van der Waals surface area contributed by atoms with E-state index in [9.17, 15) is 4.79 Å². The summed E-state index contributed by atoms with van der Waals surface area (Å²) in [5.74, 6) is 1.15. The Bertz CT molecular complexity index is 678. The van der Waals surface area contributed by atoms with Gasteiger partial charge in [0.1, 0.15) is 17.6 Å². The molecule has 0 aliphatic heterocycles. The Balaban J connectivity index is 1.96. The van der Waals surface area contributed by atoms with E-state index in [4.69, 9.17) is 14.7 Å². The molecule has 0 unspecified atom stereocenters. The molecule has 0 heterocycles. The maximum atomic E-state index is 12.0. The van der Waals surface area contributed by atoms with Crippen LogP contribution in [0.1, 0.15) is 0 Å². The molecule has 0 radical (unpaired) electrons. The third-order valence-corrected chi connectivity index (χ3v) is 2.77. The maximum absolute atomic E-state index is 12.0. The molecule has 0 bridgehead atoms. The van der Waals surface area contributed by atoms with Crippen LogP contribution in [0.25, 0.3) is 0 Å². The predicted molar refractivity (Wildman–Crippen MR) is 83.2 cm³/mol. The molecule has 0 saturated carbocycles. The molecule has 2 aromatic rings. The van der Waals surface area contributed by atoms with Crippen LogP contribution < -0.4 is 20.1 Å². The second-order valence-electron chi connectivity index (χ2n) is 4.25. The fraction of sp³-hybridized carbons (Fsp3) is 0.125. The number of anilines is 2. The van der Waals surface area contributed by atoms with Crippen molar-refractivity contribution in [2.75, 3.05) is 24.4 Å². The van der Waals surface area contributed by atoms with Crippen LogP contribution in [0.2, 0.25) is 0 Å². The Morgan fingerprint density at radius 2 is 1.86 bits per heavy atom. The van der Waals surface area contributed by atoms with E-state index in [-0.39, 0.29) is 12.6 Å². The largest absolute Gasteiger partial charge is 0.495 e. The molecule has 22 heavy (non-hydrogen) atoms. The molecule has 2 N–H and O–H groups in total. The number of nitrogens with zero attached hydrogens (tertiary/aromatic N) is 1. The van der Waals surface area contributed by atoms with Gasteiger partial charge in [-0.25, -0.2) is 4.79 Å². The smallest absolute Gasteiger partial charge is 0.323 e. The van der Waals surface area contributed by atoms with E-state index in [0.717, 1.165) is 0 Å². The van der Waals surface area contributed by atoms with Crippen molar-refractivity contribution in [3.05, 3.63) is 48.5 Å². The van der Waals surface area contributed by atoms with Gasteiger partial charge >= 0.3 is 6.03 Å². The number of hydrogen-bond donors (Lipinski definition) is 2. The van der Waals surface area contributed by atoms with Crippen molar-refractivity contribution in [3.8, 4) is 17.6 Å². The lowest BCUT2D eigenvalue weighted by atomic mass is 10.3. The highest BCUT2D eigenvalue weighted by Gasteiger charge is 2.06. The van der Waals surface area contributed by atoms with Gasteiger partial charge in [-0.15, -0.1) is 0 Å². The summed E-state index contributed by atoms with van der Waals surface area (Å²) in [5.41, 5.74) is 1.19. The van der Waals surface area contributed by atoms with Crippen molar-refractivity contribution in [1.82, 2.24) is 0 Å². The molecule has 0 saturated heterocycles. The van der Waals surface area contributed by atoms with Crippen molar-refractivity contribution in [3.63, 3.8) is 0 Å². The fourth-order valence-electron chi connectivity index (χ4n) is 1.78. The molecule has 0 aliphatic carbocycles. The minimum Gasteiger partial charge on any atom is -0.495 e. The van der Waals surface area contributed by atoms with Crippen LogP contribution in [0.3, 0.4) is 0 Å². The summed E-state index contributed by atoms with van der Waals surface area (Å²) >= 11 is 0. The van der Waals surface area contributed by atoms with Gasteiger partial charge in [0.15, 0.2) is 6.61 Å². The number of nitriles is 1. The van der Waals surface area contributed by atoms with Gasteiger partial charge in [0.25, 0.3) is 0 Å². The molecule has 2 aromatic carbocycles. The summed E-state index contributed by atoms with van der Waals surface area (Å²) < 4.78 is 10.3. The quantitative estimate of drug-likeness (QED) is 0.887. The molecule has 0 fully saturated rings. The summed E-state index contributed by atoms with van der Waals surface area (Å²) in [5, 5.41) is 13.8. The molecule has 6 heteroatoms. The summed E-state index contributed by atoms with van der Waals surface area (Å²) in [6, 6.07) is 15.4. The highest BCUT2D eigenvalue weighted by Crippen LogP contribution is 2.23. The van der Waals surface area contributed by atoms with Gasteiger partial charge in [-0.05, 0) is 36.4 Å². The Labute approximate surface area is 128 Å². The van der Waals surface area contributed by atoms with Crippen LogP contribution in [0.5, 0.6) is 11.5 Å². The first-order valence-electron chi connectivity index (χ1n) is 6.54. The zero-order chi connectivity index (χ0) is 15.8. The summed E-state index contributed by atoms with van der Waals surface area (Å²) in [4.78, 5) is 12.0. The number of ether oxygens (including phenoxy) is 2. The van der Waals surface area contributed by atoms with Gasteiger partial charge < -0.3 is 20.1 Å². The van der Waals surface area contributed by atoms with Gasteiger partial charge in [-0.3, -0.25) is 0 Å². The lowest BCUT2D eigenvalue weighted by Crippen LogP contribution is -2.19. The van der Waals surface area contributed by atoms with E-state index >= 15 is 0 Å². The molecule has 0 aliphatic rings. The van der Waals surface area contributed by atoms with Crippen molar-refractivity contribution >= 4 is 17.4 Å². The number of carbonyl (C=O) groups is 1. The maximum Gasteiger partial charge on any atom is 0.323 e. The molecule has 0 aromatic heterocycles. The minimum absolute atomic E-state index is 0.0128. The Morgan fingerprint density at radius 1 is 1.14 bits per heavy atom. The number of amides is 2. The predicted octanol–water partition coefficient (Wildman–Crippen LogP) is 3.24. The molecule has 6 nitrogen and oxygen atoms in total. The lowest BCUT2D eigenvalue weighted by molar-refractivity contribution is 0.262. The van der Waals surface area contributed by atoms with Crippen LogP contribution in [-0.2, 0) is 0 Å². The number of hydrogen-bond acceptors (Lipinski definition) is 4. The summed E-state index contributed by atoms with van der Waals surface area (Å²) in [7, 11) is 1.54. The second-order valence-corrected chi connectivity index (χ2v) is 4.25. The highest BCUT2D eigenvalue weighted by molar-refractivity contribution is 6.00. The SMILES string of the molecule is COc1ccccc1NC(=O)Nc1ccc(OCC#N)cc1. The number of benzene rings is 2. The first kappa shape index (κ1) is 15.2. The lowest BCUT2D eigenvalue weighted by Gasteiger charge is -2.11. The highest BCUT2D eigenvalue weighted by atomic mass is 16.5. The molecular weight excluding hydrogens is 282 g/mol. The number of carbonyl (C=O) groups excluding carboxylic acids is 1. The summed E-state index contributed by atoms with van der Waals surface area (Å²) in [6.45, 7) is -0.0128. The molecular formula is C16H15N3O3. The zero-order valence-corrected chi connectivity index (χ0v) is 12.0. The van der Waals surface area contributed by atoms with Gasteiger partial charge in [0.05, 0.1) is 12.8 Å². The van der Waals surface area contributed by atoms with Crippen LogP contribution in [0.15, 0.2) is 48.5 Å². The minimum atomic E-state index is -0.379. The van der Waals surface area contributed by atoms with Gasteiger partial charge in [-0.2, -0.15) is 5.26 Å². The molecule has 112 valence electrons. The Kier molecular flexibility index (Phi) is 5.21. The average Bonchev–Trinajstić information content (AvgIpc) is 2.54. The molecule has 2 amide bonds. The van der Waals surface area contributed by atoms with E-state index in [1.807, 2.05) is 12.1 Å². The first-order valence-corrected chi connectivity index (χ1v) is 6.54. The van der Waals surface area contributed by atoms with Crippen LogP contribution in [-0.4, -0.2) is 19.7 Å². The van der Waals surface area contributed by atoms with E-state index in [2.05, 4.69) is 10.6 Å². The average molecular weight is 297 g/mol. The number of urea groups is 1. The van der Waals surface area contributed by atoms with E-state index in [1.165, 1.54) is 0 Å². The van der Waals surface area contributed by atoms with E-state index < -0.39 is 0 Å². The molecule has 0 spiro atoms. The zero-order valence-electron chi connectivity index (χ0n) is 12.0. The van der Waals surface area contributed by atoms with Crippen LogP contribution in [0, 0.1) is 11.3 Å². The normalized spacial score (nSPS) is 9.45.